The van der Waals surface area contributed by atoms with Gasteiger partial charge in [-0.3, -0.25) is 14.8 Å². The van der Waals surface area contributed by atoms with Gasteiger partial charge in [0.2, 0.25) is 0 Å². The van der Waals surface area contributed by atoms with Gasteiger partial charge >= 0.3 is 0 Å². The number of aromatic hydroxyl groups is 1. The fourth-order valence-corrected chi connectivity index (χ4v) is 2.32. The molecule has 0 aliphatic heterocycles. The number of carbonyl (C=O) groups excluding carboxylic acids is 2. The van der Waals surface area contributed by atoms with Gasteiger partial charge in [0.1, 0.15) is 11.8 Å². The van der Waals surface area contributed by atoms with E-state index in [0.717, 1.165) is 5.56 Å². The first-order valence-electron chi connectivity index (χ1n) is 8.65. The molecule has 7 heteroatoms. The van der Waals surface area contributed by atoms with Gasteiger partial charge in [0.15, 0.2) is 0 Å². The highest BCUT2D eigenvalue weighted by Crippen LogP contribution is 2.09. The summed E-state index contributed by atoms with van der Waals surface area (Å²) in [5, 5.41) is 20.6. The minimum Gasteiger partial charge on any atom is -0.508 e. The van der Waals surface area contributed by atoms with Crippen molar-refractivity contribution in [2.24, 2.45) is 5.73 Å². The summed E-state index contributed by atoms with van der Waals surface area (Å²) in [6.45, 7) is 3.12. The largest absolute Gasteiger partial charge is 0.508 e. The zero-order chi connectivity index (χ0) is 21.4. The molecule has 0 aliphatic rings. The molecule has 29 heavy (non-hydrogen) atoms. The van der Waals surface area contributed by atoms with Crippen molar-refractivity contribution in [3.63, 3.8) is 0 Å². The molecule has 0 saturated heterocycles. The Balaban J connectivity index is 2.06. The Hall–Kier alpha value is -3.78. The molecule has 0 spiro atoms. The molecule has 0 aliphatic carbocycles. The molecule has 2 aromatic rings. The minimum atomic E-state index is -1.12. The number of hydrogen-bond donors (Lipinski definition) is 5. The first-order chi connectivity index (χ1) is 13.7. The summed E-state index contributed by atoms with van der Waals surface area (Å²) in [6.07, 6.45) is 0. The second-order valence-corrected chi connectivity index (χ2v) is 6.83. The standard InChI is InChI=1S/C22H21N3O4/c1-22(2,23)19(21(28)25-29)24-20(27)17-11-7-15(8-12-17)5-3-4-6-16-9-13-18(26)14-10-16/h7-14,19,26,29H,23H2,1-2H3,(H,24,27)(H,25,28)/t19-/m1/s1. The van der Waals surface area contributed by atoms with Gasteiger partial charge in [0.25, 0.3) is 11.8 Å². The summed E-state index contributed by atoms with van der Waals surface area (Å²) in [7, 11) is 0. The number of benzene rings is 2. The van der Waals surface area contributed by atoms with Crippen molar-refractivity contribution < 1.29 is 19.9 Å². The second kappa shape index (κ2) is 9.43. The first kappa shape index (κ1) is 21.5. The molecule has 7 nitrogen and oxygen atoms in total. The molecule has 2 amide bonds. The molecule has 0 heterocycles. The van der Waals surface area contributed by atoms with Crippen LogP contribution in [0.5, 0.6) is 5.75 Å². The number of hydroxylamine groups is 1. The maximum Gasteiger partial charge on any atom is 0.267 e. The topological polar surface area (TPSA) is 125 Å². The number of nitrogens with two attached hydrogens (primary N) is 1. The van der Waals surface area contributed by atoms with Crippen LogP contribution in [0.2, 0.25) is 0 Å². The highest BCUT2D eigenvalue weighted by molar-refractivity contribution is 5.97. The van der Waals surface area contributed by atoms with Crippen LogP contribution in [0.3, 0.4) is 0 Å². The Labute approximate surface area is 168 Å². The van der Waals surface area contributed by atoms with Crippen LogP contribution in [0.25, 0.3) is 0 Å². The summed E-state index contributed by atoms with van der Waals surface area (Å²) in [6, 6.07) is 11.8. The molecule has 1 atom stereocenters. The lowest BCUT2D eigenvalue weighted by Gasteiger charge is -2.29. The van der Waals surface area contributed by atoms with E-state index in [1.807, 2.05) is 0 Å². The molecule has 2 rings (SSSR count). The normalized spacial score (nSPS) is 11.2. The van der Waals surface area contributed by atoms with E-state index in [-0.39, 0.29) is 5.75 Å². The number of hydrogen-bond acceptors (Lipinski definition) is 5. The van der Waals surface area contributed by atoms with E-state index in [1.54, 1.807) is 62.4 Å². The van der Waals surface area contributed by atoms with E-state index in [1.165, 1.54) is 5.48 Å². The lowest BCUT2D eigenvalue weighted by molar-refractivity contribution is -0.132. The fraction of sp³-hybridized carbons (Fsp3) is 0.182. The Morgan fingerprint density at radius 1 is 0.966 bits per heavy atom. The highest BCUT2D eigenvalue weighted by Gasteiger charge is 2.33. The number of carbonyl (C=O) groups is 2. The van der Waals surface area contributed by atoms with Crippen LogP contribution in [0.15, 0.2) is 48.5 Å². The van der Waals surface area contributed by atoms with E-state index < -0.39 is 23.4 Å². The predicted octanol–water partition coefficient (Wildman–Crippen LogP) is 1.14. The van der Waals surface area contributed by atoms with Gasteiger partial charge in [-0.2, -0.15) is 0 Å². The van der Waals surface area contributed by atoms with Crippen molar-refractivity contribution in [1.82, 2.24) is 10.8 Å². The molecule has 0 bridgehead atoms. The number of rotatable bonds is 4. The molecule has 0 aromatic heterocycles. The lowest BCUT2D eigenvalue weighted by atomic mass is 9.95. The van der Waals surface area contributed by atoms with Crippen LogP contribution in [0.4, 0.5) is 0 Å². The molecular weight excluding hydrogens is 370 g/mol. The van der Waals surface area contributed by atoms with Gasteiger partial charge in [-0.1, -0.05) is 11.8 Å². The van der Waals surface area contributed by atoms with E-state index in [9.17, 15) is 14.7 Å². The Morgan fingerprint density at radius 2 is 1.45 bits per heavy atom. The molecule has 0 radical (unpaired) electrons. The number of amides is 2. The summed E-state index contributed by atoms with van der Waals surface area (Å²) in [5.74, 6) is 10.0. The van der Waals surface area contributed by atoms with Crippen LogP contribution in [-0.4, -0.2) is 33.7 Å². The third kappa shape index (κ3) is 6.40. The van der Waals surface area contributed by atoms with Crippen molar-refractivity contribution >= 4 is 11.8 Å². The maximum atomic E-state index is 12.4. The molecule has 2 aromatic carbocycles. The van der Waals surface area contributed by atoms with Crippen molar-refractivity contribution in [2.45, 2.75) is 25.4 Å². The molecule has 6 N–H and O–H groups in total. The van der Waals surface area contributed by atoms with Gasteiger partial charge in [-0.05, 0) is 74.2 Å². The van der Waals surface area contributed by atoms with Crippen LogP contribution in [0, 0.1) is 23.7 Å². The SMILES string of the molecule is CC(C)(N)[C@H](NC(=O)c1ccc(C#CC#Cc2ccc(O)cc2)cc1)C(=O)NO. The van der Waals surface area contributed by atoms with Crippen molar-refractivity contribution in [3.8, 4) is 29.4 Å². The Morgan fingerprint density at radius 3 is 1.90 bits per heavy atom. The van der Waals surface area contributed by atoms with Gasteiger partial charge < -0.3 is 16.2 Å². The predicted molar refractivity (Wildman–Crippen MR) is 108 cm³/mol. The smallest absolute Gasteiger partial charge is 0.267 e. The summed E-state index contributed by atoms with van der Waals surface area (Å²) < 4.78 is 0. The quantitative estimate of drug-likeness (QED) is 0.304. The van der Waals surface area contributed by atoms with Gasteiger partial charge in [0.05, 0.1) is 0 Å². The maximum absolute atomic E-state index is 12.4. The minimum absolute atomic E-state index is 0.170. The van der Waals surface area contributed by atoms with Crippen LogP contribution in [-0.2, 0) is 4.79 Å². The van der Waals surface area contributed by atoms with Gasteiger partial charge in [-0.25, -0.2) is 5.48 Å². The first-order valence-corrected chi connectivity index (χ1v) is 8.65. The van der Waals surface area contributed by atoms with Gasteiger partial charge in [0, 0.05) is 22.2 Å². The summed E-state index contributed by atoms with van der Waals surface area (Å²) >= 11 is 0. The number of nitrogens with one attached hydrogen (secondary N) is 2. The highest BCUT2D eigenvalue weighted by atomic mass is 16.5. The van der Waals surface area contributed by atoms with E-state index in [2.05, 4.69) is 29.0 Å². The fourth-order valence-electron chi connectivity index (χ4n) is 2.32. The number of phenolic OH excluding ortho intramolecular Hbond substituents is 1. The van der Waals surface area contributed by atoms with Crippen LogP contribution < -0.4 is 16.5 Å². The van der Waals surface area contributed by atoms with Crippen LogP contribution in [0.1, 0.15) is 35.3 Å². The average Bonchev–Trinajstić information content (AvgIpc) is 2.69. The lowest BCUT2D eigenvalue weighted by Crippen LogP contribution is -2.61. The molecule has 148 valence electrons. The Kier molecular flexibility index (Phi) is 6.99. The molecule has 0 unspecified atom stereocenters. The second-order valence-electron chi connectivity index (χ2n) is 6.83. The van der Waals surface area contributed by atoms with Gasteiger partial charge in [-0.15, -0.1) is 0 Å². The summed E-state index contributed by atoms with van der Waals surface area (Å²) in [5.41, 5.74) is 8.02. The monoisotopic (exact) mass is 391 g/mol. The zero-order valence-corrected chi connectivity index (χ0v) is 16.0. The van der Waals surface area contributed by atoms with Crippen molar-refractivity contribution in [3.05, 3.63) is 65.2 Å². The zero-order valence-electron chi connectivity index (χ0n) is 16.0. The van der Waals surface area contributed by atoms with Crippen molar-refractivity contribution in [2.75, 3.05) is 0 Å². The molecule has 0 fully saturated rings. The molecular formula is C22H21N3O4. The van der Waals surface area contributed by atoms with E-state index in [0.29, 0.717) is 11.1 Å². The van der Waals surface area contributed by atoms with Crippen LogP contribution >= 0.6 is 0 Å². The number of phenols is 1. The average molecular weight is 391 g/mol. The summed E-state index contributed by atoms with van der Waals surface area (Å²) in [4.78, 5) is 24.1. The third-order valence-corrected chi connectivity index (χ3v) is 3.88. The Bertz CT molecular complexity index is 999. The van der Waals surface area contributed by atoms with E-state index >= 15 is 0 Å². The third-order valence-electron chi connectivity index (χ3n) is 3.88. The molecule has 0 saturated carbocycles. The van der Waals surface area contributed by atoms with E-state index in [4.69, 9.17) is 10.9 Å². The van der Waals surface area contributed by atoms with Crippen molar-refractivity contribution in [1.29, 1.82) is 0 Å².